The van der Waals surface area contributed by atoms with Gasteiger partial charge in [-0.3, -0.25) is 9.59 Å². The van der Waals surface area contributed by atoms with Gasteiger partial charge in [-0.2, -0.15) is 0 Å². The first-order chi connectivity index (χ1) is 12.1. The van der Waals surface area contributed by atoms with Gasteiger partial charge in [-0.1, -0.05) is 15.9 Å². The van der Waals surface area contributed by atoms with Crippen LogP contribution in [0.15, 0.2) is 28.7 Å². The maximum atomic E-state index is 11.9. The van der Waals surface area contributed by atoms with Crippen LogP contribution in [0.4, 0.5) is 0 Å². The van der Waals surface area contributed by atoms with Crippen LogP contribution in [-0.2, 0) is 14.3 Å². The van der Waals surface area contributed by atoms with Crippen molar-refractivity contribution >= 4 is 27.7 Å². The van der Waals surface area contributed by atoms with Gasteiger partial charge >= 0.3 is 0 Å². The van der Waals surface area contributed by atoms with E-state index in [1.165, 1.54) is 0 Å². The second kappa shape index (κ2) is 11.2. The molecule has 0 bridgehead atoms. The Bertz CT molecular complexity index is 545. The topological polar surface area (TPSA) is 76.7 Å². The highest BCUT2D eigenvalue weighted by atomic mass is 79.9. The van der Waals surface area contributed by atoms with Crippen LogP contribution in [0.2, 0.25) is 0 Å². The number of hydrogen-bond acceptors (Lipinski definition) is 4. The molecule has 2 amide bonds. The van der Waals surface area contributed by atoms with Gasteiger partial charge in [0.1, 0.15) is 0 Å². The molecule has 1 atom stereocenters. The summed E-state index contributed by atoms with van der Waals surface area (Å²) < 4.78 is 11.9. The Morgan fingerprint density at radius 1 is 1.20 bits per heavy atom. The van der Waals surface area contributed by atoms with Crippen molar-refractivity contribution in [2.24, 2.45) is 0 Å². The number of benzene rings is 1. The maximum Gasteiger partial charge on any atom is 0.251 e. The Hall–Kier alpha value is -1.44. The maximum absolute atomic E-state index is 11.9. The van der Waals surface area contributed by atoms with Crippen molar-refractivity contribution in [1.82, 2.24) is 10.6 Å². The molecule has 0 aromatic heterocycles. The minimum atomic E-state index is -0.178. The van der Waals surface area contributed by atoms with E-state index >= 15 is 0 Å². The lowest BCUT2D eigenvalue weighted by atomic mass is 10.2. The van der Waals surface area contributed by atoms with Crippen molar-refractivity contribution in [2.75, 3.05) is 32.9 Å². The fourth-order valence-corrected chi connectivity index (χ4v) is 2.74. The summed E-state index contributed by atoms with van der Waals surface area (Å²) in [5.74, 6) is -0.252. The largest absolute Gasteiger partial charge is 0.379 e. The molecule has 1 aromatic rings. The molecular formula is C18H25BrN2O4. The summed E-state index contributed by atoms with van der Waals surface area (Å²) in [5.41, 5.74) is 0.576. The van der Waals surface area contributed by atoms with Gasteiger partial charge in [0.15, 0.2) is 0 Å². The molecule has 0 radical (unpaired) electrons. The molecule has 138 valence electrons. The number of amides is 2. The summed E-state index contributed by atoms with van der Waals surface area (Å²) in [6.07, 6.45) is 3.46. The van der Waals surface area contributed by atoms with E-state index < -0.39 is 0 Å². The summed E-state index contributed by atoms with van der Waals surface area (Å²) in [6.45, 7) is 2.97. The third kappa shape index (κ3) is 7.98. The summed E-state index contributed by atoms with van der Waals surface area (Å²) in [7, 11) is 0. The molecule has 1 aromatic carbocycles. The van der Waals surface area contributed by atoms with Crippen molar-refractivity contribution < 1.29 is 19.1 Å². The van der Waals surface area contributed by atoms with E-state index in [-0.39, 0.29) is 24.3 Å². The lowest BCUT2D eigenvalue weighted by molar-refractivity contribution is -0.121. The zero-order chi connectivity index (χ0) is 17.9. The van der Waals surface area contributed by atoms with Crippen LogP contribution in [0.1, 0.15) is 36.0 Å². The van der Waals surface area contributed by atoms with E-state index in [0.717, 1.165) is 30.3 Å². The molecule has 1 unspecified atom stereocenters. The number of carbonyl (C=O) groups excluding carboxylic acids is 2. The predicted molar refractivity (Wildman–Crippen MR) is 98.5 cm³/mol. The van der Waals surface area contributed by atoms with Gasteiger partial charge in [-0.25, -0.2) is 0 Å². The van der Waals surface area contributed by atoms with E-state index in [0.29, 0.717) is 31.9 Å². The molecule has 25 heavy (non-hydrogen) atoms. The Morgan fingerprint density at radius 2 is 2.00 bits per heavy atom. The summed E-state index contributed by atoms with van der Waals surface area (Å²) in [5, 5.41) is 5.56. The predicted octanol–water partition coefficient (Wildman–Crippen LogP) is 2.27. The smallest absolute Gasteiger partial charge is 0.251 e. The van der Waals surface area contributed by atoms with Gasteiger partial charge in [0.25, 0.3) is 5.91 Å². The van der Waals surface area contributed by atoms with E-state index in [2.05, 4.69) is 26.6 Å². The Labute approximate surface area is 156 Å². The number of rotatable bonds is 10. The van der Waals surface area contributed by atoms with E-state index in [1.807, 2.05) is 12.1 Å². The second-order valence-electron chi connectivity index (χ2n) is 5.93. The van der Waals surface area contributed by atoms with Crippen LogP contribution in [0.25, 0.3) is 0 Å². The molecule has 1 saturated heterocycles. The van der Waals surface area contributed by atoms with E-state index in [1.54, 1.807) is 12.1 Å². The summed E-state index contributed by atoms with van der Waals surface area (Å²) in [6, 6.07) is 7.08. The quantitative estimate of drug-likeness (QED) is 0.577. The van der Waals surface area contributed by atoms with Crippen LogP contribution >= 0.6 is 15.9 Å². The summed E-state index contributed by atoms with van der Waals surface area (Å²) >= 11 is 3.32. The molecular weight excluding hydrogens is 388 g/mol. The van der Waals surface area contributed by atoms with Gasteiger partial charge in [0.05, 0.1) is 12.7 Å². The third-order valence-corrected chi connectivity index (χ3v) is 4.39. The second-order valence-corrected chi connectivity index (χ2v) is 6.84. The van der Waals surface area contributed by atoms with E-state index in [4.69, 9.17) is 9.47 Å². The highest BCUT2D eigenvalue weighted by Gasteiger charge is 2.14. The first-order valence-corrected chi connectivity index (χ1v) is 9.44. The van der Waals surface area contributed by atoms with Crippen LogP contribution in [-0.4, -0.2) is 50.8 Å². The number of carbonyl (C=O) groups is 2. The van der Waals surface area contributed by atoms with Crippen LogP contribution in [0.3, 0.4) is 0 Å². The number of hydrogen-bond donors (Lipinski definition) is 2. The minimum Gasteiger partial charge on any atom is -0.379 e. The van der Waals surface area contributed by atoms with Crippen LogP contribution in [0, 0.1) is 0 Å². The van der Waals surface area contributed by atoms with Gasteiger partial charge in [-0.05, 0) is 43.5 Å². The first kappa shape index (κ1) is 19.9. The van der Waals surface area contributed by atoms with Gasteiger partial charge in [0.2, 0.25) is 5.91 Å². The lowest BCUT2D eigenvalue weighted by Gasteiger charge is -2.10. The molecule has 1 heterocycles. The number of nitrogens with one attached hydrogen (secondary N) is 2. The molecule has 0 aliphatic carbocycles. The monoisotopic (exact) mass is 412 g/mol. The van der Waals surface area contributed by atoms with Crippen LogP contribution < -0.4 is 10.6 Å². The molecule has 1 aliphatic rings. The highest BCUT2D eigenvalue weighted by molar-refractivity contribution is 9.10. The van der Waals surface area contributed by atoms with E-state index in [9.17, 15) is 9.59 Å². The minimum absolute atomic E-state index is 0.0739. The SMILES string of the molecule is O=C(CCNC(=O)c1ccc(Br)cc1)NCCCOCC1CCCO1. The molecule has 2 N–H and O–H groups in total. The van der Waals surface area contributed by atoms with Crippen LogP contribution in [0.5, 0.6) is 0 Å². The molecule has 1 aliphatic heterocycles. The summed E-state index contributed by atoms with van der Waals surface area (Å²) in [4.78, 5) is 23.6. The average Bonchev–Trinajstić information content (AvgIpc) is 3.12. The first-order valence-electron chi connectivity index (χ1n) is 8.65. The third-order valence-electron chi connectivity index (χ3n) is 3.86. The zero-order valence-electron chi connectivity index (χ0n) is 14.3. The highest BCUT2D eigenvalue weighted by Crippen LogP contribution is 2.12. The Morgan fingerprint density at radius 3 is 2.72 bits per heavy atom. The average molecular weight is 413 g/mol. The number of ether oxygens (including phenoxy) is 2. The fourth-order valence-electron chi connectivity index (χ4n) is 2.47. The Balaban J connectivity index is 1.46. The lowest BCUT2D eigenvalue weighted by Crippen LogP contribution is -2.31. The number of halogens is 1. The fraction of sp³-hybridized carbons (Fsp3) is 0.556. The van der Waals surface area contributed by atoms with Gasteiger partial charge in [0, 0.05) is 42.8 Å². The standard InChI is InChI=1S/C18H25BrN2O4/c19-15-6-4-14(5-7-15)18(23)21-10-8-17(22)20-9-2-11-24-13-16-3-1-12-25-16/h4-7,16H,1-3,8-13H2,(H,20,22)(H,21,23). The molecule has 1 fully saturated rings. The zero-order valence-corrected chi connectivity index (χ0v) is 15.8. The van der Waals surface area contributed by atoms with Crippen molar-refractivity contribution in [3.63, 3.8) is 0 Å². The Kier molecular flexibility index (Phi) is 8.93. The van der Waals surface area contributed by atoms with Crippen molar-refractivity contribution in [3.05, 3.63) is 34.3 Å². The molecule has 2 rings (SSSR count). The molecule has 0 saturated carbocycles. The molecule has 7 heteroatoms. The van der Waals surface area contributed by atoms with Crippen molar-refractivity contribution in [3.8, 4) is 0 Å². The molecule has 6 nitrogen and oxygen atoms in total. The normalized spacial score (nSPS) is 16.6. The molecule has 0 spiro atoms. The van der Waals surface area contributed by atoms with Gasteiger partial charge in [-0.15, -0.1) is 0 Å². The van der Waals surface area contributed by atoms with Crippen molar-refractivity contribution in [1.29, 1.82) is 0 Å². The van der Waals surface area contributed by atoms with Gasteiger partial charge < -0.3 is 20.1 Å². The van der Waals surface area contributed by atoms with Crippen molar-refractivity contribution in [2.45, 2.75) is 31.8 Å².